The molecule has 1 heterocycles. The summed E-state index contributed by atoms with van der Waals surface area (Å²) in [4.78, 5) is 13.1. The van der Waals surface area contributed by atoms with E-state index < -0.39 is 10.0 Å². The van der Waals surface area contributed by atoms with E-state index in [0.717, 1.165) is 37.0 Å². The molecule has 0 spiro atoms. The Kier molecular flexibility index (Phi) is 6.20. The van der Waals surface area contributed by atoms with Gasteiger partial charge in [0, 0.05) is 18.7 Å². The summed E-state index contributed by atoms with van der Waals surface area (Å²) in [5, 5.41) is 3.11. The Morgan fingerprint density at radius 1 is 1.03 bits per heavy atom. The van der Waals surface area contributed by atoms with Crippen LogP contribution in [0, 0.1) is 5.92 Å². The molecule has 1 aliphatic carbocycles. The first kappa shape index (κ1) is 21.6. The summed E-state index contributed by atoms with van der Waals surface area (Å²) in [6, 6.07) is 12.1. The fourth-order valence-corrected chi connectivity index (χ4v) is 5.72. The van der Waals surface area contributed by atoms with Gasteiger partial charge in [-0.3, -0.25) is 4.79 Å². The molecule has 1 aliphatic heterocycles. The van der Waals surface area contributed by atoms with Crippen molar-refractivity contribution >= 4 is 15.9 Å². The van der Waals surface area contributed by atoms with Gasteiger partial charge in [0.15, 0.2) is 0 Å². The third kappa shape index (κ3) is 4.55. The highest BCUT2D eigenvalue weighted by molar-refractivity contribution is 7.89. The largest absolute Gasteiger partial charge is 0.497 e. The fourth-order valence-electron chi connectivity index (χ4n) is 4.03. The van der Waals surface area contributed by atoms with Crippen LogP contribution in [0.2, 0.25) is 0 Å². The van der Waals surface area contributed by atoms with Crippen molar-refractivity contribution in [1.29, 1.82) is 0 Å². The molecule has 1 saturated carbocycles. The van der Waals surface area contributed by atoms with Gasteiger partial charge in [-0.1, -0.05) is 12.1 Å². The molecule has 2 aromatic rings. The van der Waals surface area contributed by atoms with Crippen molar-refractivity contribution in [2.45, 2.75) is 36.6 Å². The number of carbonyl (C=O) groups excluding carboxylic acids is 1. The molecule has 1 unspecified atom stereocenters. The molecule has 1 amide bonds. The molecular weight excluding hydrogens is 416 g/mol. The standard InChI is InChI=1S/C23H28N2O5S/c1-29-19-10-7-17(8-11-19)22(16-5-6-16)24-23(26)18-9-12-20(30-2)21(15-18)31(27,28)25-13-3-4-14-25/h7-12,15-16,22H,3-6,13-14H2,1-2H3,(H,24,26). The van der Waals surface area contributed by atoms with Crippen LogP contribution in [0.15, 0.2) is 47.4 Å². The minimum absolute atomic E-state index is 0.0389. The summed E-state index contributed by atoms with van der Waals surface area (Å²) in [6.07, 6.45) is 3.78. The number of nitrogens with zero attached hydrogens (tertiary/aromatic N) is 1. The van der Waals surface area contributed by atoms with Gasteiger partial charge in [0.2, 0.25) is 10.0 Å². The first-order valence-corrected chi connectivity index (χ1v) is 12.0. The van der Waals surface area contributed by atoms with Gasteiger partial charge in [-0.25, -0.2) is 8.42 Å². The van der Waals surface area contributed by atoms with Crippen molar-refractivity contribution < 1.29 is 22.7 Å². The van der Waals surface area contributed by atoms with Gasteiger partial charge in [0.1, 0.15) is 16.4 Å². The number of hydrogen-bond acceptors (Lipinski definition) is 5. The van der Waals surface area contributed by atoms with Crippen LogP contribution in [0.25, 0.3) is 0 Å². The molecule has 7 nitrogen and oxygen atoms in total. The molecule has 1 saturated heterocycles. The Bertz CT molecular complexity index is 1040. The minimum atomic E-state index is -3.72. The van der Waals surface area contributed by atoms with Crippen molar-refractivity contribution in [3.63, 3.8) is 0 Å². The number of ether oxygens (including phenoxy) is 2. The number of nitrogens with one attached hydrogen (secondary N) is 1. The average Bonchev–Trinajstić information content (AvgIpc) is 3.48. The highest BCUT2D eigenvalue weighted by Gasteiger charge is 2.34. The lowest BCUT2D eigenvalue weighted by molar-refractivity contribution is 0.0931. The Hall–Kier alpha value is -2.58. The van der Waals surface area contributed by atoms with Crippen LogP contribution >= 0.6 is 0 Å². The molecule has 1 N–H and O–H groups in total. The number of rotatable bonds is 8. The number of methoxy groups -OCH3 is 2. The maximum Gasteiger partial charge on any atom is 0.251 e. The Morgan fingerprint density at radius 3 is 2.29 bits per heavy atom. The third-order valence-corrected chi connectivity index (χ3v) is 7.88. The molecule has 1 atom stereocenters. The SMILES string of the molecule is COc1ccc(C(NC(=O)c2ccc(OC)c(S(=O)(=O)N3CCCC3)c2)C2CC2)cc1. The number of hydrogen-bond donors (Lipinski definition) is 1. The van der Waals surface area contributed by atoms with Gasteiger partial charge >= 0.3 is 0 Å². The van der Waals surface area contributed by atoms with Gasteiger partial charge in [0.05, 0.1) is 20.3 Å². The summed E-state index contributed by atoms with van der Waals surface area (Å²) < 4.78 is 38.2. The van der Waals surface area contributed by atoms with Crippen molar-refractivity contribution in [3.8, 4) is 11.5 Å². The summed E-state index contributed by atoms with van der Waals surface area (Å²) in [5.41, 5.74) is 1.31. The maximum atomic E-state index is 13.1. The molecule has 2 aliphatic rings. The quantitative estimate of drug-likeness (QED) is 0.675. The first-order valence-electron chi connectivity index (χ1n) is 10.6. The Balaban J connectivity index is 1.60. The van der Waals surface area contributed by atoms with E-state index in [4.69, 9.17) is 9.47 Å². The molecule has 0 aromatic heterocycles. The van der Waals surface area contributed by atoms with E-state index in [9.17, 15) is 13.2 Å². The maximum absolute atomic E-state index is 13.1. The molecule has 166 valence electrons. The van der Waals surface area contributed by atoms with Crippen LogP contribution in [0.3, 0.4) is 0 Å². The normalized spacial score (nSPS) is 17.9. The second kappa shape index (κ2) is 8.88. The number of benzene rings is 2. The molecular formula is C23H28N2O5S. The molecule has 31 heavy (non-hydrogen) atoms. The summed E-state index contributed by atoms with van der Waals surface area (Å²) >= 11 is 0. The molecule has 4 rings (SSSR count). The third-order valence-electron chi connectivity index (χ3n) is 5.96. The van der Waals surface area contributed by atoms with Crippen LogP contribution in [-0.4, -0.2) is 45.9 Å². The Morgan fingerprint density at radius 2 is 1.71 bits per heavy atom. The minimum Gasteiger partial charge on any atom is -0.497 e. The van der Waals surface area contributed by atoms with Gasteiger partial charge in [0.25, 0.3) is 5.91 Å². The Labute approximate surface area is 183 Å². The molecule has 0 bridgehead atoms. The lowest BCUT2D eigenvalue weighted by Gasteiger charge is -2.21. The summed E-state index contributed by atoms with van der Waals surface area (Å²) in [5.74, 6) is 1.09. The smallest absolute Gasteiger partial charge is 0.251 e. The van der Waals surface area contributed by atoms with E-state index >= 15 is 0 Å². The van der Waals surface area contributed by atoms with Crippen molar-refractivity contribution in [2.24, 2.45) is 5.92 Å². The number of sulfonamides is 1. The monoisotopic (exact) mass is 444 g/mol. The number of amides is 1. The van der Waals surface area contributed by atoms with E-state index in [1.165, 1.54) is 17.5 Å². The lowest BCUT2D eigenvalue weighted by atomic mass is 10.0. The molecule has 2 aromatic carbocycles. The van der Waals surface area contributed by atoms with Crippen LogP contribution in [0.1, 0.15) is 47.6 Å². The van der Waals surface area contributed by atoms with Crippen molar-refractivity contribution in [2.75, 3.05) is 27.3 Å². The zero-order valence-corrected chi connectivity index (χ0v) is 18.7. The second-order valence-corrected chi connectivity index (χ2v) is 9.94. The van der Waals surface area contributed by atoms with Crippen LogP contribution in [0.5, 0.6) is 11.5 Å². The molecule has 2 fully saturated rings. The summed E-state index contributed by atoms with van der Waals surface area (Å²) in [7, 11) is -0.662. The van der Waals surface area contributed by atoms with Gasteiger partial charge in [-0.2, -0.15) is 4.31 Å². The van der Waals surface area contributed by atoms with E-state index in [-0.39, 0.29) is 22.6 Å². The molecule has 8 heteroatoms. The second-order valence-electron chi connectivity index (χ2n) is 8.04. The summed E-state index contributed by atoms with van der Waals surface area (Å²) in [6.45, 7) is 0.978. The van der Waals surface area contributed by atoms with Crippen molar-refractivity contribution in [1.82, 2.24) is 9.62 Å². The van der Waals surface area contributed by atoms with Crippen LogP contribution in [0.4, 0.5) is 0 Å². The van der Waals surface area contributed by atoms with Gasteiger partial charge in [-0.15, -0.1) is 0 Å². The van der Waals surface area contributed by atoms with Crippen LogP contribution < -0.4 is 14.8 Å². The van der Waals surface area contributed by atoms with Gasteiger partial charge in [-0.05, 0) is 67.5 Å². The van der Waals surface area contributed by atoms with Crippen LogP contribution in [-0.2, 0) is 10.0 Å². The van der Waals surface area contributed by atoms with E-state index in [2.05, 4.69) is 5.32 Å². The van der Waals surface area contributed by atoms with Crippen molar-refractivity contribution in [3.05, 3.63) is 53.6 Å². The predicted octanol–water partition coefficient (Wildman–Crippen LogP) is 3.37. The predicted molar refractivity (Wildman–Crippen MR) is 117 cm³/mol. The van der Waals surface area contributed by atoms with E-state index in [0.29, 0.717) is 24.6 Å². The lowest BCUT2D eigenvalue weighted by Crippen LogP contribution is -2.31. The highest BCUT2D eigenvalue weighted by atomic mass is 32.2. The fraction of sp³-hybridized carbons (Fsp3) is 0.435. The topological polar surface area (TPSA) is 84.9 Å². The first-order chi connectivity index (χ1) is 14.9. The zero-order chi connectivity index (χ0) is 22.0. The molecule has 0 radical (unpaired) electrons. The highest BCUT2D eigenvalue weighted by Crippen LogP contribution is 2.41. The zero-order valence-electron chi connectivity index (χ0n) is 17.8. The number of carbonyl (C=O) groups is 1. The van der Waals surface area contributed by atoms with E-state index in [1.807, 2.05) is 24.3 Å². The van der Waals surface area contributed by atoms with E-state index in [1.54, 1.807) is 19.2 Å². The average molecular weight is 445 g/mol. The van der Waals surface area contributed by atoms with Gasteiger partial charge < -0.3 is 14.8 Å².